The lowest BCUT2D eigenvalue weighted by Crippen LogP contribution is -2.27. The predicted molar refractivity (Wildman–Crippen MR) is 119 cm³/mol. The van der Waals surface area contributed by atoms with Crippen LogP contribution >= 0.6 is 0 Å². The third kappa shape index (κ3) is 4.61. The minimum atomic E-state index is -0.590. The standard InChI is InChI=1S/C23H22FN5O3/c1-23(2,3)32-22(30)28-16-7-4-14(5-8-16)17-10-11-29-20(17)21(26-13-27-29)31-19-9-6-15(25)12-18(19)24/h4-13H,25H2,1-3H3,(H,28,30). The normalized spacial score (nSPS) is 11.4. The molecule has 0 radical (unpaired) electrons. The number of fused-ring (bicyclic) bond motifs is 1. The minimum absolute atomic E-state index is 0.00357. The van der Waals surface area contributed by atoms with E-state index in [2.05, 4.69) is 15.4 Å². The van der Waals surface area contributed by atoms with Gasteiger partial charge in [-0.3, -0.25) is 5.32 Å². The lowest BCUT2D eigenvalue weighted by molar-refractivity contribution is 0.0636. The second kappa shape index (κ2) is 8.18. The smallest absolute Gasteiger partial charge is 0.412 e. The first-order valence-electron chi connectivity index (χ1n) is 9.85. The van der Waals surface area contributed by atoms with Gasteiger partial charge in [-0.15, -0.1) is 0 Å². The van der Waals surface area contributed by atoms with Crippen LogP contribution in [0.1, 0.15) is 20.8 Å². The fourth-order valence-electron chi connectivity index (χ4n) is 3.09. The monoisotopic (exact) mass is 435 g/mol. The maximum atomic E-state index is 14.2. The van der Waals surface area contributed by atoms with Crippen LogP contribution in [-0.2, 0) is 4.74 Å². The lowest BCUT2D eigenvalue weighted by Gasteiger charge is -2.19. The highest BCUT2D eigenvalue weighted by molar-refractivity contribution is 5.87. The number of rotatable bonds is 4. The van der Waals surface area contributed by atoms with Gasteiger partial charge in [0, 0.05) is 29.2 Å². The number of carbonyl (C=O) groups excluding carboxylic acids is 1. The van der Waals surface area contributed by atoms with Gasteiger partial charge in [0.15, 0.2) is 11.6 Å². The molecule has 2 heterocycles. The summed E-state index contributed by atoms with van der Waals surface area (Å²) in [4.78, 5) is 16.2. The summed E-state index contributed by atoms with van der Waals surface area (Å²) in [5, 5.41) is 6.89. The zero-order chi connectivity index (χ0) is 22.9. The maximum absolute atomic E-state index is 14.2. The molecule has 3 N–H and O–H groups in total. The number of aromatic nitrogens is 3. The Kier molecular flexibility index (Phi) is 5.40. The molecule has 0 unspecified atom stereocenters. The molecular weight excluding hydrogens is 413 g/mol. The number of nitrogen functional groups attached to an aromatic ring is 1. The number of halogens is 1. The Morgan fingerprint density at radius 2 is 1.88 bits per heavy atom. The Hall–Kier alpha value is -4.14. The van der Waals surface area contributed by atoms with Gasteiger partial charge in [0.2, 0.25) is 5.88 Å². The molecular formula is C23H22FN5O3. The van der Waals surface area contributed by atoms with Crippen molar-refractivity contribution in [3.8, 4) is 22.8 Å². The summed E-state index contributed by atoms with van der Waals surface area (Å²) in [6.07, 6.45) is 2.55. The summed E-state index contributed by atoms with van der Waals surface area (Å²) in [5.41, 5.74) is 8.08. The van der Waals surface area contributed by atoms with Crippen molar-refractivity contribution in [1.82, 2.24) is 14.6 Å². The van der Waals surface area contributed by atoms with Gasteiger partial charge in [0.05, 0.1) is 0 Å². The van der Waals surface area contributed by atoms with Crippen LogP contribution in [0, 0.1) is 5.82 Å². The largest absolute Gasteiger partial charge is 0.444 e. The van der Waals surface area contributed by atoms with E-state index >= 15 is 0 Å². The molecule has 2 aromatic heterocycles. The molecule has 8 nitrogen and oxygen atoms in total. The minimum Gasteiger partial charge on any atom is -0.444 e. The molecule has 0 aliphatic carbocycles. The highest BCUT2D eigenvalue weighted by atomic mass is 19.1. The van der Waals surface area contributed by atoms with Crippen LogP contribution in [-0.4, -0.2) is 26.3 Å². The molecule has 0 saturated carbocycles. The van der Waals surface area contributed by atoms with Crippen LogP contribution in [0.25, 0.3) is 16.6 Å². The number of nitrogens with zero attached hydrogens (tertiary/aromatic N) is 3. The lowest BCUT2D eigenvalue weighted by atomic mass is 10.1. The quantitative estimate of drug-likeness (QED) is 0.424. The number of hydrogen-bond acceptors (Lipinski definition) is 6. The number of amides is 1. The van der Waals surface area contributed by atoms with Crippen LogP contribution in [0.5, 0.6) is 11.6 Å². The van der Waals surface area contributed by atoms with Crippen molar-refractivity contribution in [1.29, 1.82) is 0 Å². The van der Waals surface area contributed by atoms with E-state index in [1.165, 1.54) is 18.5 Å². The Bertz CT molecular complexity index is 1280. The maximum Gasteiger partial charge on any atom is 0.412 e. The number of benzene rings is 2. The van der Waals surface area contributed by atoms with Crippen molar-refractivity contribution < 1.29 is 18.7 Å². The highest BCUT2D eigenvalue weighted by Crippen LogP contribution is 2.34. The van der Waals surface area contributed by atoms with E-state index in [1.807, 2.05) is 18.2 Å². The van der Waals surface area contributed by atoms with Crippen molar-refractivity contribution in [2.24, 2.45) is 0 Å². The van der Waals surface area contributed by atoms with Crippen molar-refractivity contribution in [2.75, 3.05) is 11.1 Å². The number of hydrogen-bond donors (Lipinski definition) is 2. The topological polar surface area (TPSA) is 104 Å². The summed E-state index contributed by atoms with van der Waals surface area (Å²) in [6, 6.07) is 13.2. The Labute approximate surface area is 183 Å². The van der Waals surface area contributed by atoms with E-state index in [-0.39, 0.29) is 11.6 Å². The molecule has 0 aliphatic rings. The zero-order valence-electron chi connectivity index (χ0n) is 17.8. The number of nitrogens with two attached hydrogens (primary N) is 1. The summed E-state index contributed by atoms with van der Waals surface area (Å²) in [5.74, 6) is -0.393. The molecule has 4 rings (SSSR count). The van der Waals surface area contributed by atoms with Crippen molar-refractivity contribution in [2.45, 2.75) is 26.4 Å². The zero-order valence-corrected chi connectivity index (χ0v) is 17.8. The van der Waals surface area contributed by atoms with Crippen LogP contribution in [0.4, 0.5) is 20.6 Å². The molecule has 0 saturated heterocycles. The first-order chi connectivity index (χ1) is 15.2. The fraction of sp³-hybridized carbons (Fsp3) is 0.174. The predicted octanol–water partition coefficient (Wildman–Crippen LogP) is 5.26. The van der Waals surface area contributed by atoms with Crippen molar-refractivity contribution in [3.63, 3.8) is 0 Å². The molecule has 1 amide bonds. The van der Waals surface area contributed by atoms with E-state index in [0.29, 0.717) is 16.9 Å². The van der Waals surface area contributed by atoms with Gasteiger partial charge in [-0.2, -0.15) is 10.1 Å². The Balaban J connectivity index is 1.63. The van der Waals surface area contributed by atoms with Gasteiger partial charge in [-0.1, -0.05) is 12.1 Å². The number of anilines is 2. The summed E-state index contributed by atoms with van der Waals surface area (Å²) >= 11 is 0. The van der Waals surface area contributed by atoms with Gasteiger partial charge < -0.3 is 15.2 Å². The molecule has 0 fully saturated rings. The number of nitrogens with one attached hydrogen (secondary N) is 1. The molecule has 4 aromatic rings. The van der Waals surface area contributed by atoms with Gasteiger partial charge in [-0.05, 0) is 56.7 Å². The van der Waals surface area contributed by atoms with E-state index in [0.717, 1.165) is 11.1 Å². The van der Waals surface area contributed by atoms with Gasteiger partial charge in [-0.25, -0.2) is 13.7 Å². The van der Waals surface area contributed by atoms with E-state index < -0.39 is 17.5 Å². The molecule has 0 atom stereocenters. The number of ether oxygens (including phenoxy) is 2. The SMILES string of the molecule is CC(C)(C)OC(=O)Nc1ccc(-c2ccn3ncnc(Oc4ccc(N)cc4F)c23)cc1. The Morgan fingerprint density at radius 1 is 1.12 bits per heavy atom. The molecule has 0 spiro atoms. The Morgan fingerprint density at radius 3 is 2.56 bits per heavy atom. The first-order valence-corrected chi connectivity index (χ1v) is 9.85. The molecule has 32 heavy (non-hydrogen) atoms. The third-order valence-corrected chi connectivity index (χ3v) is 4.42. The van der Waals surface area contributed by atoms with Gasteiger partial charge in [0.25, 0.3) is 0 Å². The molecule has 0 bridgehead atoms. The summed E-state index contributed by atoms with van der Waals surface area (Å²) in [6.45, 7) is 5.39. The number of carbonyl (C=O) groups is 1. The summed E-state index contributed by atoms with van der Waals surface area (Å²) < 4.78 is 26.8. The highest BCUT2D eigenvalue weighted by Gasteiger charge is 2.17. The van der Waals surface area contributed by atoms with E-state index in [4.69, 9.17) is 15.2 Å². The molecule has 0 aliphatic heterocycles. The van der Waals surface area contributed by atoms with E-state index in [9.17, 15) is 9.18 Å². The average molecular weight is 435 g/mol. The molecule has 9 heteroatoms. The molecule has 164 valence electrons. The second-order valence-electron chi connectivity index (χ2n) is 8.08. The fourth-order valence-corrected chi connectivity index (χ4v) is 3.09. The van der Waals surface area contributed by atoms with Crippen molar-refractivity contribution in [3.05, 3.63) is 66.9 Å². The second-order valence-corrected chi connectivity index (χ2v) is 8.08. The van der Waals surface area contributed by atoms with Gasteiger partial charge >= 0.3 is 6.09 Å². The average Bonchev–Trinajstić information content (AvgIpc) is 3.14. The summed E-state index contributed by atoms with van der Waals surface area (Å²) in [7, 11) is 0. The van der Waals surface area contributed by atoms with E-state index in [1.54, 1.807) is 49.7 Å². The van der Waals surface area contributed by atoms with Crippen LogP contribution in [0.15, 0.2) is 61.1 Å². The third-order valence-electron chi connectivity index (χ3n) is 4.42. The van der Waals surface area contributed by atoms with Crippen LogP contribution in [0.3, 0.4) is 0 Å². The van der Waals surface area contributed by atoms with Crippen molar-refractivity contribution >= 4 is 23.0 Å². The van der Waals surface area contributed by atoms with Gasteiger partial charge in [0.1, 0.15) is 17.4 Å². The first kappa shape index (κ1) is 21.1. The van der Waals surface area contributed by atoms with Crippen LogP contribution < -0.4 is 15.8 Å². The van der Waals surface area contributed by atoms with Crippen LogP contribution in [0.2, 0.25) is 0 Å². The molecule has 2 aromatic carbocycles.